The molecule has 1 aromatic carbocycles. The van der Waals surface area contributed by atoms with E-state index >= 15 is 0 Å². The average molecular weight is 301 g/mol. The summed E-state index contributed by atoms with van der Waals surface area (Å²) >= 11 is 1.37. The first kappa shape index (κ1) is 13.6. The smallest absolute Gasteiger partial charge is 0.269 e. The van der Waals surface area contributed by atoms with E-state index in [-0.39, 0.29) is 5.91 Å². The molecular weight excluding hydrogens is 286 g/mol. The van der Waals surface area contributed by atoms with Crippen LogP contribution in [0.5, 0.6) is 5.75 Å². The lowest BCUT2D eigenvalue weighted by Crippen LogP contribution is -2.42. The van der Waals surface area contributed by atoms with Crippen LogP contribution in [0.2, 0.25) is 0 Å². The fourth-order valence-corrected chi connectivity index (χ4v) is 2.49. The van der Waals surface area contributed by atoms with Crippen molar-refractivity contribution in [1.29, 1.82) is 0 Å². The second-order valence-electron chi connectivity index (χ2n) is 5.13. The van der Waals surface area contributed by atoms with Crippen molar-refractivity contribution in [3.63, 3.8) is 0 Å². The standard InChI is InChI=1S/C15H15N3O2S/c1-15(2,13(19)18-14-17-7-8-21-14)20-11-3-4-12-10(9-11)5-6-16-12/h3-9,16H,1-2H3,(H,17,18,19). The van der Waals surface area contributed by atoms with Crippen LogP contribution in [-0.2, 0) is 4.79 Å². The number of amides is 1. The zero-order valence-electron chi connectivity index (χ0n) is 11.7. The summed E-state index contributed by atoms with van der Waals surface area (Å²) in [7, 11) is 0. The zero-order valence-corrected chi connectivity index (χ0v) is 12.5. The molecular formula is C15H15N3O2S. The largest absolute Gasteiger partial charge is 0.478 e. The molecule has 0 aliphatic carbocycles. The van der Waals surface area contributed by atoms with E-state index in [1.807, 2.05) is 35.8 Å². The van der Waals surface area contributed by atoms with Crippen LogP contribution in [0, 0.1) is 0 Å². The third kappa shape index (κ3) is 2.90. The van der Waals surface area contributed by atoms with Crippen LogP contribution >= 0.6 is 11.3 Å². The summed E-state index contributed by atoms with van der Waals surface area (Å²) in [5, 5.41) is 6.17. The third-order valence-electron chi connectivity index (χ3n) is 3.10. The van der Waals surface area contributed by atoms with E-state index < -0.39 is 5.60 Å². The molecule has 0 aliphatic rings. The van der Waals surface area contributed by atoms with Gasteiger partial charge < -0.3 is 9.72 Å². The Balaban J connectivity index is 1.76. The first-order valence-corrected chi connectivity index (χ1v) is 7.40. The maximum absolute atomic E-state index is 12.3. The van der Waals surface area contributed by atoms with E-state index in [1.165, 1.54) is 11.3 Å². The highest BCUT2D eigenvalue weighted by molar-refractivity contribution is 7.13. The highest BCUT2D eigenvalue weighted by Crippen LogP contribution is 2.24. The number of ether oxygens (including phenoxy) is 1. The fourth-order valence-electron chi connectivity index (χ4n) is 1.97. The molecule has 5 nitrogen and oxygen atoms in total. The maximum Gasteiger partial charge on any atom is 0.269 e. The van der Waals surface area contributed by atoms with Crippen LogP contribution in [0.3, 0.4) is 0 Å². The summed E-state index contributed by atoms with van der Waals surface area (Å²) in [6.07, 6.45) is 3.52. The summed E-state index contributed by atoms with van der Waals surface area (Å²) in [5.41, 5.74) is 0.0442. The van der Waals surface area contributed by atoms with Gasteiger partial charge >= 0.3 is 0 Å². The highest BCUT2D eigenvalue weighted by atomic mass is 32.1. The molecule has 3 rings (SSSR count). The maximum atomic E-state index is 12.3. The molecule has 6 heteroatoms. The second kappa shape index (κ2) is 5.21. The molecule has 0 fully saturated rings. The van der Waals surface area contributed by atoms with E-state index in [0.717, 1.165) is 10.9 Å². The number of hydrogen-bond acceptors (Lipinski definition) is 4. The Labute approximate surface area is 126 Å². The molecule has 3 aromatic rings. The predicted octanol–water partition coefficient (Wildman–Crippen LogP) is 3.42. The van der Waals surface area contributed by atoms with Crippen molar-refractivity contribution in [2.75, 3.05) is 5.32 Å². The number of rotatable bonds is 4. The van der Waals surface area contributed by atoms with Gasteiger partial charge in [0.25, 0.3) is 5.91 Å². The summed E-state index contributed by atoms with van der Waals surface area (Å²) in [4.78, 5) is 19.4. The van der Waals surface area contributed by atoms with Gasteiger partial charge in [-0.3, -0.25) is 10.1 Å². The zero-order chi connectivity index (χ0) is 14.9. The average Bonchev–Trinajstić information content (AvgIpc) is 3.08. The van der Waals surface area contributed by atoms with E-state index in [4.69, 9.17) is 4.74 Å². The van der Waals surface area contributed by atoms with Crippen molar-refractivity contribution >= 4 is 33.3 Å². The Morgan fingerprint density at radius 3 is 3.00 bits per heavy atom. The lowest BCUT2D eigenvalue weighted by Gasteiger charge is -2.24. The van der Waals surface area contributed by atoms with Gasteiger partial charge in [0.15, 0.2) is 10.7 Å². The number of H-pyrrole nitrogens is 1. The molecule has 1 amide bonds. The lowest BCUT2D eigenvalue weighted by molar-refractivity contribution is -0.128. The number of aromatic amines is 1. The predicted molar refractivity (Wildman–Crippen MR) is 83.7 cm³/mol. The third-order valence-corrected chi connectivity index (χ3v) is 3.79. The van der Waals surface area contributed by atoms with E-state index in [9.17, 15) is 4.79 Å². The van der Waals surface area contributed by atoms with Crippen molar-refractivity contribution in [2.45, 2.75) is 19.4 Å². The van der Waals surface area contributed by atoms with Gasteiger partial charge in [-0.05, 0) is 38.1 Å². The molecule has 2 heterocycles. The summed E-state index contributed by atoms with van der Waals surface area (Å²) in [6.45, 7) is 3.47. The van der Waals surface area contributed by atoms with Crippen LogP contribution in [0.4, 0.5) is 5.13 Å². The normalized spacial score (nSPS) is 11.5. The van der Waals surface area contributed by atoms with E-state index in [2.05, 4.69) is 15.3 Å². The molecule has 0 aliphatic heterocycles. The molecule has 0 saturated carbocycles. The van der Waals surface area contributed by atoms with Gasteiger partial charge in [0.1, 0.15) is 5.75 Å². The number of nitrogens with zero attached hydrogens (tertiary/aromatic N) is 1. The molecule has 0 atom stereocenters. The number of carbonyl (C=O) groups is 1. The molecule has 0 unspecified atom stereocenters. The van der Waals surface area contributed by atoms with Crippen molar-refractivity contribution in [3.05, 3.63) is 42.0 Å². The Morgan fingerprint density at radius 1 is 1.38 bits per heavy atom. The topological polar surface area (TPSA) is 67.0 Å². The highest BCUT2D eigenvalue weighted by Gasteiger charge is 2.30. The Hall–Kier alpha value is -2.34. The Bertz CT molecular complexity index is 762. The van der Waals surface area contributed by atoms with E-state index in [0.29, 0.717) is 10.9 Å². The Kier molecular flexibility index (Phi) is 3.39. The number of thiazole rings is 1. The van der Waals surface area contributed by atoms with Gasteiger partial charge in [-0.2, -0.15) is 0 Å². The molecule has 0 radical (unpaired) electrons. The van der Waals surface area contributed by atoms with Gasteiger partial charge in [-0.15, -0.1) is 11.3 Å². The van der Waals surface area contributed by atoms with Crippen LogP contribution < -0.4 is 10.1 Å². The van der Waals surface area contributed by atoms with Crippen molar-refractivity contribution < 1.29 is 9.53 Å². The van der Waals surface area contributed by atoms with Gasteiger partial charge in [0.05, 0.1) is 0 Å². The number of carbonyl (C=O) groups excluding carboxylic acids is 1. The fraction of sp³-hybridized carbons (Fsp3) is 0.200. The van der Waals surface area contributed by atoms with Gasteiger partial charge in [-0.25, -0.2) is 4.98 Å². The minimum Gasteiger partial charge on any atom is -0.478 e. The molecule has 0 saturated heterocycles. The van der Waals surface area contributed by atoms with Gasteiger partial charge in [0.2, 0.25) is 0 Å². The molecule has 2 aromatic heterocycles. The number of hydrogen-bond donors (Lipinski definition) is 2. The van der Waals surface area contributed by atoms with Crippen molar-refractivity contribution in [3.8, 4) is 5.75 Å². The number of nitrogens with one attached hydrogen (secondary N) is 2. The quantitative estimate of drug-likeness (QED) is 0.776. The SMILES string of the molecule is CC(C)(Oc1ccc2[nH]ccc2c1)C(=O)Nc1nccs1. The Morgan fingerprint density at radius 2 is 2.24 bits per heavy atom. The summed E-state index contributed by atoms with van der Waals surface area (Å²) in [5.74, 6) is 0.424. The van der Waals surface area contributed by atoms with Crippen LogP contribution in [0.1, 0.15) is 13.8 Å². The van der Waals surface area contributed by atoms with Gasteiger partial charge in [0, 0.05) is 28.7 Å². The van der Waals surface area contributed by atoms with Crippen molar-refractivity contribution in [1.82, 2.24) is 9.97 Å². The monoisotopic (exact) mass is 301 g/mol. The molecule has 108 valence electrons. The number of benzene rings is 1. The molecule has 21 heavy (non-hydrogen) atoms. The number of aromatic nitrogens is 2. The van der Waals surface area contributed by atoms with Crippen LogP contribution in [0.25, 0.3) is 10.9 Å². The molecule has 2 N–H and O–H groups in total. The summed E-state index contributed by atoms with van der Waals surface area (Å²) < 4.78 is 5.84. The number of fused-ring (bicyclic) bond motifs is 1. The second-order valence-corrected chi connectivity index (χ2v) is 6.03. The number of anilines is 1. The summed E-state index contributed by atoms with van der Waals surface area (Å²) in [6, 6.07) is 7.64. The first-order valence-electron chi connectivity index (χ1n) is 6.52. The van der Waals surface area contributed by atoms with Gasteiger partial charge in [-0.1, -0.05) is 0 Å². The minimum absolute atomic E-state index is 0.230. The molecule has 0 bridgehead atoms. The van der Waals surface area contributed by atoms with Crippen LogP contribution in [-0.4, -0.2) is 21.5 Å². The van der Waals surface area contributed by atoms with Crippen molar-refractivity contribution in [2.24, 2.45) is 0 Å². The van der Waals surface area contributed by atoms with E-state index in [1.54, 1.807) is 20.0 Å². The minimum atomic E-state index is -0.990. The van der Waals surface area contributed by atoms with Crippen LogP contribution in [0.15, 0.2) is 42.0 Å². The first-order chi connectivity index (χ1) is 10.0. The lowest BCUT2D eigenvalue weighted by atomic mass is 10.1. The molecule has 0 spiro atoms.